The van der Waals surface area contributed by atoms with Crippen LogP contribution in [0.5, 0.6) is 5.75 Å². The standard InChI is InChI=1S/C26H26N2O3S/c1-18-16-21(19(2)28(18)22-11-13-23(31-3)14-12-22)17-24-25(29)27(26(30)32-24)15-7-10-20-8-5-4-6-9-20/h4-6,8-9,11-14,16-17H,7,10,15H2,1-3H3/b24-17+. The molecule has 0 atom stereocenters. The van der Waals surface area contributed by atoms with Gasteiger partial charge in [-0.05, 0) is 86.0 Å². The van der Waals surface area contributed by atoms with Gasteiger partial charge in [0.2, 0.25) is 0 Å². The van der Waals surface area contributed by atoms with Gasteiger partial charge in [-0.25, -0.2) is 0 Å². The van der Waals surface area contributed by atoms with Crippen molar-refractivity contribution < 1.29 is 14.3 Å². The molecule has 2 heterocycles. The number of aromatic nitrogens is 1. The second kappa shape index (κ2) is 9.49. The maximum Gasteiger partial charge on any atom is 0.293 e. The van der Waals surface area contributed by atoms with E-state index in [1.165, 1.54) is 10.5 Å². The Labute approximate surface area is 192 Å². The van der Waals surface area contributed by atoms with Crippen molar-refractivity contribution in [3.8, 4) is 11.4 Å². The molecule has 6 heteroatoms. The molecule has 0 spiro atoms. The number of imide groups is 1. The monoisotopic (exact) mass is 446 g/mol. The summed E-state index contributed by atoms with van der Waals surface area (Å²) >= 11 is 1.02. The van der Waals surface area contributed by atoms with E-state index in [0.29, 0.717) is 11.4 Å². The van der Waals surface area contributed by atoms with E-state index < -0.39 is 0 Å². The minimum atomic E-state index is -0.206. The van der Waals surface area contributed by atoms with Gasteiger partial charge in [-0.3, -0.25) is 14.5 Å². The normalized spacial score (nSPS) is 15.1. The fourth-order valence-corrected chi connectivity index (χ4v) is 4.84. The highest BCUT2D eigenvalue weighted by molar-refractivity contribution is 8.18. The van der Waals surface area contributed by atoms with Gasteiger partial charge < -0.3 is 9.30 Å². The molecule has 1 saturated heterocycles. The van der Waals surface area contributed by atoms with Crippen LogP contribution < -0.4 is 4.74 Å². The summed E-state index contributed by atoms with van der Waals surface area (Å²) in [5, 5.41) is -0.196. The quantitative estimate of drug-likeness (QED) is 0.432. The van der Waals surface area contributed by atoms with E-state index in [2.05, 4.69) is 16.7 Å². The minimum Gasteiger partial charge on any atom is -0.497 e. The van der Waals surface area contributed by atoms with Crippen LogP contribution in [-0.4, -0.2) is 34.3 Å². The molecule has 32 heavy (non-hydrogen) atoms. The number of nitrogens with zero attached hydrogens (tertiary/aromatic N) is 2. The summed E-state index contributed by atoms with van der Waals surface area (Å²) < 4.78 is 7.38. The number of hydrogen-bond acceptors (Lipinski definition) is 4. The van der Waals surface area contributed by atoms with Crippen LogP contribution in [0.3, 0.4) is 0 Å². The van der Waals surface area contributed by atoms with Crippen molar-refractivity contribution in [2.45, 2.75) is 26.7 Å². The predicted octanol–water partition coefficient (Wildman–Crippen LogP) is 5.77. The predicted molar refractivity (Wildman–Crippen MR) is 129 cm³/mol. The summed E-state index contributed by atoms with van der Waals surface area (Å²) in [5.74, 6) is 0.597. The Balaban J connectivity index is 1.50. The summed E-state index contributed by atoms with van der Waals surface area (Å²) in [5.41, 5.74) is 5.24. The van der Waals surface area contributed by atoms with Gasteiger partial charge in [-0.15, -0.1) is 0 Å². The van der Waals surface area contributed by atoms with E-state index in [4.69, 9.17) is 4.74 Å². The maximum absolute atomic E-state index is 12.9. The second-order valence-electron chi connectivity index (χ2n) is 7.78. The number of benzene rings is 2. The van der Waals surface area contributed by atoms with Crippen LogP contribution >= 0.6 is 11.8 Å². The van der Waals surface area contributed by atoms with Gasteiger partial charge in [0.15, 0.2) is 0 Å². The molecule has 2 aromatic carbocycles. The molecule has 1 aromatic heterocycles. The molecular weight excluding hydrogens is 420 g/mol. The molecule has 4 rings (SSSR count). The molecule has 5 nitrogen and oxygen atoms in total. The van der Waals surface area contributed by atoms with Crippen LogP contribution in [0.4, 0.5) is 4.79 Å². The van der Waals surface area contributed by atoms with Crippen LogP contribution in [0.25, 0.3) is 11.8 Å². The zero-order valence-electron chi connectivity index (χ0n) is 18.5. The van der Waals surface area contributed by atoms with Crippen molar-refractivity contribution in [3.05, 3.63) is 88.1 Å². The number of ether oxygens (including phenoxy) is 1. The number of amides is 2. The molecule has 2 amide bonds. The number of methoxy groups -OCH3 is 1. The van der Waals surface area contributed by atoms with E-state index in [9.17, 15) is 9.59 Å². The van der Waals surface area contributed by atoms with Gasteiger partial charge in [0.25, 0.3) is 11.1 Å². The zero-order chi connectivity index (χ0) is 22.7. The lowest BCUT2D eigenvalue weighted by Crippen LogP contribution is -2.29. The Morgan fingerprint density at radius 1 is 1.00 bits per heavy atom. The fourth-order valence-electron chi connectivity index (χ4n) is 3.98. The van der Waals surface area contributed by atoms with Gasteiger partial charge in [-0.2, -0.15) is 0 Å². The molecule has 1 aliphatic rings. The largest absolute Gasteiger partial charge is 0.497 e. The summed E-state index contributed by atoms with van der Waals surface area (Å²) in [6.07, 6.45) is 3.43. The van der Waals surface area contributed by atoms with E-state index in [-0.39, 0.29) is 11.1 Å². The van der Waals surface area contributed by atoms with Crippen molar-refractivity contribution in [1.82, 2.24) is 9.47 Å². The Bertz CT molecular complexity index is 1160. The summed E-state index contributed by atoms with van der Waals surface area (Å²) in [6, 6.07) is 20.0. The van der Waals surface area contributed by atoms with Crippen LogP contribution in [-0.2, 0) is 11.2 Å². The van der Waals surface area contributed by atoms with Crippen LogP contribution in [0.15, 0.2) is 65.6 Å². The second-order valence-corrected chi connectivity index (χ2v) is 8.78. The van der Waals surface area contributed by atoms with E-state index >= 15 is 0 Å². The summed E-state index contributed by atoms with van der Waals surface area (Å²) in [4.78, 5) is 27.2. The molecule has 3 aromatic rings. The zero-order valence-corrected chi connectivity index (χ0v) is 19.3. The van der Waals surface area contributed by atoms with Crippen molar-refractivity contribution in [2.75, 3.05) is 13.7 Å². The highest BCUT2D eigenvalue weighted by Gasteiger charge is 2.34. The fraction of sp³-hybridized carbons (Fsp3) is 0.231. The van der Waals surface area contributed by atoms with Crippen molar-refractivity contribution in [2.24, 2.45) is 0 Å². The van der Waals surface area contributed by atoms with Crippen molar-refractivity contribution in [1.29, 1.82) is 0 Å². The maximum atomic E-state index is 12.9. The first-order chi connectivity index (χ1) is 15.5. The Morgan fingerprint density at radius 2 is 1.72 bits per heavy atom. The van der Waals surface area contributed by atoms with Gasteiger partial charge in [0.05, 0.1) is 12.0 Å². The third kappa shape index (κ3) is 4.50. The Morgan fingerprint density at radius 3 is 2.41 bits per heavy atom. The first-order valence-electron chi connectivity index (χ1n) is 10.6. The van der Waals surface area contributed by atoms with Gasteiger partial charge in [-0.1, -0.05) is 30.3 Å². The third-order valence-corrected chi connectivity index (χ3v) is 6.56. The highest BCUT2D eigenvalue weighted by atomic mass is 32.2. The number of aryl methyl sites for hydroxylation is 2. The number of carbonyl (C=O) groups is 2. The van der Waals surface area contributed by atoms with Crippen molar-refractivity contribution in [3.63, 3.8) is 0 Å². The molecular formula is C26H26N2O3S. The third-order valence-electron chi connectivity index (χ3n) is 5.65. The SMILES string of the molecule is COc1ccc(-n2c(C)cc(/C=C3/SC(=O)N(CCCc4ccccc4)C3=O)c2C)cc1. The summed E-state index contributed by atoms with van der Waals surface area (Å²) in [6.45, 7) is 4.48. The van der Waals surface area contributed by atoms with Crippen LogP contribution in [0.2, 0.25) is 0 Å². The lowest BCUT2D eigenvalue weighted by molar-refractivity contribution is -0.122. The van der Waals surface area contributed by atoms with Gasteiger partial charge in [0.1, 0.15) is 5.75 Å². The molecule has 0 bridgehead atoms. The molecule has 164 valence electrons. The smallest absolute Gasteiger partial charge is 0.293 e. The highest BCUT2D eigenvalue weighted by Crippen LogP contribution is 2.34. The average Bonchev–Trinajstić information content (AvgIpc) is 3.23. The molecule has 1 fully saturated rings. The van der Waals surface area contributed by atoms with E-state index in [1.54, 1.807) is 7.11 Å². The molecule has 0 N–H and O–H groups in total. The molecule has 0 unspecified atom stereocenters. The number of carbonyl (C=O) groups excluding carboxylic acids is 2. The van der Waals surface area contributed by atoms with Gasteiger partial charge >= 0.3 is 0 Å². The lowest BCUT2D eigenvalue weighted by atomic mass is 10.1. The van der Waals surface area contributed by atoms with Crippen LogP contribution in [0.1, 0.15) is 28.9 Å². The average molecular weight is 447 g/mol. The lowest BCUT2D eigenvalue weighted by Gasteiger charge is -2.12. The molecule has 0 radical (unpaired) electrons. The van der Waals surface area contributed by atoms with Crippen LogP contribution in [0, 0.1) is 13.8 Å². The van der Waals surface area contributed by atoms with E-state index in [1.807, 2.05) is 68.5 Å². The number of thioether (sulfide) groups is 1. The minimum absolute atomic E-state index is 0.196. The molecule has 0 saturated carbocycles. The Hall–Kier alpha value is -3.25. The Kier molecular flexibility index (Phi) is 6.51. The molecule has 0 aliphatic carbocycles. The van der Waals surface area contributed by atoms with Crippen molar-refractivity contribution >= 4 is 29.0 Å². The summed E-state index contributed by atoms with van der Waals surface area (Å²) in [7, 11) is 1.65. The first kappa shape index (κ1) is 22.0. The first-order valence-corrected chi connectivity index (χ1v) is 11.4. The number of rotatable bonds is 7. The van der Waals surface area contributed by atoms with Gasteiger partial charge in [0, 0.05) is 23.6 Å². The molecule has 1 aliphatic heterocycles. The number of hydrogen-bond donors (Lipinski definition) is 0. The van der Waals surface area contributed by atoms with E-state index in [0.717, 1.165) is 53.0 Å². The topological polar surface area (TPSA) is 51.5 Å².